The lowest BCUT2D eigenvalue weighted by Crippen LogP contribution is -2.38. The van der Waals surface area contributed by atoms with Gasteiger partial charge in [0.05, 0.1) is 0 Å². The number of amides is 1. The van der Waals surface area contributed by atoms with Crippen LogP contribution in [0.2, 0.25) is 0 Å². The van der Waals surface area contributed by atoms with Crippen molar-refractivity contribution in [1.29, 1.82) is 0 Å². The molecule has 0 aliphatic rings. The van der Waals surface area contributed by atoms with Gasteiger partial charge in [0.25, 0.3) is 0 Å². The molecule has 0 fully saturated rings. The average Bonchev–Trinajstić information content (AvgIpc) is 2.58. The van der Waals surface area contributed by atoms with Gasteiger partial charge in [-0.2, -0.15) is 5.10 Å². The van der Waals surface area contributed by atoms with Crippen LogP contribution in [-0.4, -0.2) is 58.3 Å². The lowest BCUT2D eigenvalue weighted by molar-refractivity contribution is 0.0841. The van der Waals surface area contributed by atoms with Crippen molar-refractivity contribution in [2.45, 2.75) is 13.1 Å². The van der Waals surface area contributed by atoms with Crippen LogP contribution < -0.4 is 0 Å². The van der Waals surface area contributed by atoms with Gasteiger partial charge in [0, 0.05) is 12.7 Å². The summed E-state index contributed by atoms with van der Waals surface area (Å²) >= 11 is 0. The molecule has 7 nitrogen and oxygen atoms in total. The Bertz CT molecular complexity index is 427. The Morgan fingerprint density at radius 1 is 1.53 bits per heavy atom. The molecule has 1 rings (SSSR count). The summed E-state index contributed by atoms with van der Waals surface area (Å²) in [5.74, 6) is 0. The fraction of sp³-hybridized carbons (Fsp3) is 0.500. The van der Waals surface area contributed by atoms with Gasteiger partial charge in [0.2, 0.25) is 6.41 Å². The van der Waals surface area contributed by atoms with E-state index in [-0.39, 0.29) is 0 Å². The van der Waals surface area contributed by atoms with E-state index in [1.54, 1.807) is 32.0 Å². The largest absolute Gasteiger partial charge is 0.465 e. The van der Waals surface area contributed by atoms with Crippen molar-refractivity contribution >= 4 is 12.5 Å². The average molecular weight is 240 g/mol. The summed E-state index contributed by atoms with van der Waals surface area (Å²) in [6.07, 6.45) is -0.985. The molecule has 7 heteroatoms. The zero-order valence-corrected chi connectivity index (χ0v) is 10.3. The SMILES string of the molecule is Cc1cc(C(N(C)C)N(C)C(=O)O)nn1C=O. The zero-order valence-electron chi connectivity index (χ0n) is 10.3. The van der Waals surface area contributed by atoms with Crippen LogP contribution in [-0.2, 0) is 4.79 Å². The maximum absolute atomic E-state index is 11.0. The van der Waals surface area contributed by atoms with Gasteiger partial charge in [-0.3, -0.25) is 14.6 Å². The number of rotatable bonds is 4. The van der Waals surface area contributed by atoms with Crippen molar-refractivity contribution < 1.29 is 14.7 Å². The van der Waals surface area contributed by atoms with E-state index in [1.807, 2.05) is 0 Å². The van der Waals surface area contributed by atoms with Crippen molar-refractivity contribution in [3.8, 4) is 0 Å². The van der Waals surface area contributed by atoms with Crippen LogP contribution in [0.5, 0.6) is 0 Å². The number of aryl methyl sites for hydroxylation is 1. The quantitative estimate of drug-likeness (QED) is 0.608. The van der Waals surface area contributed by atoms with E-state index in [4.69, 9.17) is 5.11 Å². The van der Waals surface area contributed by atoms with Crippen LogP contribution in [0.25, 0.3) is 0 Å². The Hall–Kier alpha value is -1.89. The number of nitrogens with zero attached hydrogens (tertiary/aromatic N) is 4. The van der Waals surface area contributed by atoms with E-state index in [0.717, 1.165) is 4.90 Å². The van der Waals surface area contributed by atoms with Crippen molar-refractivity contribution in [2.75, 3.05) is 21.1 Å². The summed E-state index contributed by atoms with van der Waals surface area (Å²) in [6.45, 7) is 1.73. The standard InChI is InChI=1S/C10H16N4O3/c1-7-5-8(11-14(7)6-15)9(12(2)3)13(4)10(16)17/h5-6,9H,1-4H3,(H,16,17). The van der Waals surface area contributed by atoms with Crippen molar-refractivity contribution in [3.05, 3.63) is 17.5 Å². The van der Waals surface area contributed by atoms with Crippen LogP contribution in [0.15, 0.2) is 6.07 Å². The normalized spacial score (nSPS) is 12.5. The van der Waals surface area contributed by atoms with Crippen molar-refractivity contribution in [3.63, 3.8) is 0 Å². The van der Waals surface area contributed by atoms with E-state index in [1.165, 1.54) is 11.7 Å². The van der Waals surface area contributed by atoms with Gasteiger partial charge >= 0.3 is 6.09 Å². The second-order valence-electron chi connectivity index (χ2n) is 3.99. The summed E-state index contributed by atoms with van der Waals surface area (Å²) in [6, 6.07) is 1.69. The van der Waals surface area contributed by atoms with Crippen molar-refractivity contribution in [1.82, 2.24) is 19.6 Å². The Balaban J connectivity index is 3.14. The molecule has 1 unspecified atom stereocenters. The molecule has 0 spiro atoms. The van der Waals surface area contributed by atoms with Gasteiger partial charge in [0.1, 0.15) is 11.9 Å². The molecular weight excluding hydrogens is 224 g/mol. The molecule has 1 amide bonds. The fourth-order valence-electron chi connectivity index (χ4n) is 1.66. The highest BCUT2D eigenvalue weighted by atomic mass is 16.4. The first-order chi connectivity index (χ1) is 7.88. The van der Waals surface area contributed by atoms with E-state index >= 15 is 0 Å². The third-order valence-corrected chi connectivity index (χ3v) is 2.46. The van der Waals surface area contributed by atoms with Gasteiger partial charge in [-0.15, -0.1) is 0 Å². The Morgan fingerprint density at radius 2 is 2.12 bits per heavy atom. The molecule has 1 aromatic heterocycles. The minimum Gasteiger partial charge on any atom is -0.465 e. The summed E-state index contributed by atoms with van der Waals surface area (Å²) in [5, 5.41) is 13.0. The lowest BCUT2D eigenvalue weighted by Gasteiger charge is -2.29. The molecule has 1 N–H and O–H groups in total. The molecule has 0 aliphatic carbocycles. The second-order valence-corrected chi connectivity index (χ2v) is 3.99. The van der Waals surface area contributed by atoms with Crippen LogP contribution in [0.3, 0.4) is 0 Å². The molecule has 0 saturated heterocycles. The number of hydrogen-bond donors (Lipinski definition) is 1. The number of hydrogen-bond acceptors (Lipinski definition) is 4. The molecule has 94 valence electrons. The Kier molecular flexibility index (Phi) is 3.84. The number of carbonyl (C=O) groups excluding carboxylic acids is 1. The maximum atomic E-state index is 11.0. The van der Waals surface area contributed by atoms with E-state index in [0.29, 0.717) is 17.8 Å². The van der Waals surface area contributed by atoms with Gasteiger partial charge in [-0.1, -0.05) is 0 Å². The molecular formula is C10H16N4O3. The molecule has 17 heavy (non-hydrogen) atoms. The molecule has 0 saturated carbocycles. The predicted octanol–water partition coefficient (Wildman–Crippen LogP) is 0.400. The molecule has 0 radical (unpaired) electrons. The fourth-order valence-corrected chi connectivity index (χ4v) is 1.66. The molecule has 0 bridgehead atoms. The number of carboxylic acid groups (broad SMARTS) is 1. The zero-order chi connectivity index (χ0) is 13.2. The third-order valence-electron chi connectivity index (χ3n) is 2.46. The van der Waals surface area contributed by atoms with Crippen LogP contribution in [0.1, 0.15) is 17.6 Å². The molecule has 1 aromatic rings. The van der Waals surface area contributed by atoms with E-state index in [9.17, 15) is 9.59 Å². The topological polar surface area (TPSA) is 78.7 Å². The first kappa shape index (κ1) is 13.2. The minimum absolute atomic E-state index is 0.518. The van der Waals surface area contributed by atoms with Gasteiger partial charge in [-0.25, -0.2) is 9.48 Å². The monoisotopic (exact) mass is 240 g/mol. The van der Waals surface area contributed by atoms with Crippen LogP contribution in [0, 0.1) is 6.92 Å². The lowest BCUT2D eigenvalue weighted by atomic mass is 10.2. The minimum atomic E-state index is -1.05. The summed E-state index contributed by atoms with van der Waals surface area (Å²) in [5.41, 5.74) is 1.19. The molecule has 0 aromatic carbocycles. The van der Waals surface area contributed by atoms with Crippen molar-refractivity contribution in [2.24, 2.45) is 0 Å². The number of aromatic nitrogens is 2. The molecule has 1 heterocycles. The van der Waals surface area contributed by atoms with Crippen LogP contribution in [0.4, 0.5) is 4.79 Å². The second kappa shape index (κ2) is 4.96. The smallest absolute Gasteiger partial charge is 0.408 e. The van der Waals surface area contributed by atoms with E-state index < -0.39 is 12.3 Å². The van der Waals surface area contributed by atoms with Crippen LogP contribution >= 0.6 is 0 Å². The summed E-state index contributed by atoms with van der Waals surface area (Å²) < 4.78 is 1.18. The first-order valence-corrected chi connectivity index (χ1v) is 5.02. The Labute approximate surface area is 99.2 Å². The van der Waals surface area contributed by atoms with E-state index in [2.05, 4.69) is 5.10 Å². The maximum Gasteiger partial charge on any atom is 0.408 e. The highest BCUT2D eigenvalue weighted by Crippen LogP contribution is 2.20. The predicted molar refractivity (Wildman–Crippen MR) is 61.3 cm³/mol. The number of carbonyl (C=O) groups is 2. The van der Waals surface area contributed by atoms with Gasteiger partial charge in [0.15, 0.2) is 0 Å². The highest BCUT2D eigenvalue weighted by molar-refractivity contribution is 5.65. The summed E-state index contributed by atoms with van der Waals surface area (Å²) in [7, 11) is 4.96. The first-order valence-electron chi connectivity index (χ1n) is 5.02. The molecule has 0 aliphatic heterocycles. The Morgan fingerprint density at radius 3 is 2.47 bits per heavy atom. The highest BCUT2D eigenvalue weighted by Gasteiger charge is 2.26. The van der Waals surface area contributed by atoms with Gasteiger partial charge < -0.3 is 5.11 Å². The summed E-state index contributed by atoms with van der Waals surface area (Å²) in [4.78, 5) is 24.5. The third kappa shape index (κ3) is 2.62. The van der Waals surface area contributed by atoms with Gasteiger partial charge in [-0.05, 0) is 27.1 Å². The molecule has 1 atom stereocenters.